The van der Waals surface area contributed by atoms with Crippen LogP contribution in [0, 0.1) is 20.8 Å². The molecule has 0 atom stereocenters. The molecule has 0 saturated heterocycles. The summed E-state index contributed by atoms with van der Waals surface area (Å²) >= 11 is 17.4. The molecule has 0 bridgehead atoms. The average Bonchev–Trinajstić information content (AvgIpc) is 1.65. The molecule has 18 rings (SSSR count). The van der Waals surface area contributed by atoms with Gasteiger partial charge in [-0.05, 0) is 209 Å². The molecule has 0 spiro atoms. The number of amides is 3. The van der Waals surface area contributed by atoms with E-state index in [1.165, 1.54) is 38.0 Å². The molecule has 18 aromatic rings. The topological polar surface area (TPSA) is 458 Å². The number of rotatable bonds is 28. The maximum Gasteiger partial charge on any atom is 0.339 e. The Balaban J connectivity index is 0.000000149. The van der Waals surface area contributed by atoms with Crippen LogP contribution >= 0.6 is 79.6 Å². The number of aldehydes is 1. The molecule has 0 saturated carbocycles. The first-order valence-corrected chi connectivity index (χ1v) is 47.7. The van der Waals surface area contributed by atoms with Crippen LogP contribution in [0.2, 0.25) is 0 Å². The fourth-order valence-electron chi connectivity index (χ4n) is 15.9. The summed E-state index contributed by atoms with van der Waals surface area (Å²) in [4.78, 5) is 113. The number of aromatic nitrogens is 7. The second kappa shape index (κ2) is 49.9. The molecule has 18 N–H and O–H groups in total. The first-order valence-electron chi connectivity index (χ1n) is 43.7. The molecule has 7 aromatic heterocycles. The van der Waals surface area contributed by atoms with Crippen molar-refractivity contribution in [1.82, 2.24) is 56.2 Å². The lowest BCUT2D eigenvalue weighted by Gasteiger charge is -2.07. The lowest BCUT2D eigenvalue weighted by Crippen LogP contribution is -2.13. The Labute approximate surface area is 852 Å². The average molecular weight is 2230 g/mol. The zero-order valence-electron chi connectivity index (χ0n) is 78.4. The Morgan fingerprint density at radius 3 is 0.922 bits per heavy atom. The molecule has 3 amide bonds. The molecule has 141 heavy (non-hydrogen) atoms. The lowest BCUT2D eigenvalue weighted by molar-refractivity contribution is 0.0594. The normalized spacial score (nSPS) is 10.8. The van der Waals surface area contributed by atoms with Gasteiger partial charge in [0, 0.05) is 161 Å². The number of H-pyrrole nitrogens is 7. The summed E-state index contributed by atoms with van der Waals surface area (Å²) in [6.07, 6.45) is 13.6. The number of carboxylic acids is 1. The number of aromatic amines is 7. The van der Waals surface area contributed by atoms with Crippen LogP contribution < -0.4 is 57.4 Å². The van der Waals surface area contributed by atoms with Crippen molar-refractivity contribution in [3.63, 3.8) is 0 Å². The number of primary amides is 3. The molecule has 0 fully saturated rings. The predicted octanol–water partition coefficient (Wildman–Crippen LogP) is 21.3. The Bertz CT molecular complexity index is 7180. The smallest absolute Gasteiger partial charge is 0.339 e. The first kappa shape index (κ1) is 105. The molecule has 0 radical (unpaired) electrons. The minimum absolute atomic E-state index is 0.273. The van der Waals surface area contributed by atoms with Gasteiger partial charge in [0.1, 0.15) is 23.0 Å². The van der Waals surface area contributed by atoms with Gasteiger partial charge in [-0.25, -0.2) is 19.2 Å². The van der Waals surface area contributed by atoms with Gasteiger partial charge in [-0.3, -0.25) is 19.2 Å². The summed E-state index contributed by atoms with van der Waals surface area (Å²) < 4.78 is 39.3. The van der Waals surface area contributed by atoms with Gasteiger partial charge in [0.25, 0.3) is 17.7 Å². The molecule has 0 aliphatic rings. The Kier molecular flexibility index (Phi) is 37.4. The minimum atomic E-state index is -0.938. The number of ether oxygens (including phenoxy) is 7. The highest BCUT2D eigenvalue weighted by atomic mass is 79.9. The monoisotopic (exact) mass is 2220 g/mol. The van der Waals surface area contributed by atoms with Crippen LogP contribution in [0.5, 0.6) is 23.0 Å². The summed E-state index contributed by atoms with van der Waals surface area (Å²) in [5.74, 6) is 0.0814. The highest BCUT2D eigenvalue weighted by Crippen LogP contribution is 2.37. The van der Waals surface area contributed by atoms with Gasteiger partial charge in [-0.2, -0.15) is 0 Å². The van der Waals surface area contributed by atoms with Crippen LogP contribution in [0.4, 0.5) is 0 Å². The quantitative estimate of drug-likeness (QED) is 0.0123. The third-order valence-electron chi connectivity index (χ3n) is 23.0. The van der Waals surface area contributed by atoms with Gasteiger partial charge < -0.3 is 112 Å². The molecular formula is C106H103Br5N14O16. The fraction of sp³-hybridized carbons (Fsp3) is 0.170. The number of hydrogen-bond donors (Lipinski definition) is 15. The SMILES string of the molecule is COC(=O)c1ccc(Br)c2c(C=O)c[nH]c12.COC(=O)c1ccc(Br)c2c(CNCc3ccc(OC)cc3)c[nH]c12.COC(=O)c1ccc(Br)c2cc[nH]c12.COc1ccc(CNCc2c[nH]c3c(C(=O)O)ccc(Br)c23)cc1.COc1ccc(CNCc2c[nH]c3c(C(N)=O)ccc(Br)c23)cc1.COc1ccc(CNCc2c[nH]c3c(C(N)=O)ccc(C)c23)cc1.Cc1ccc(C(N)=O)c2[nH]cc(C)c12. The van der Waals surface area contributed by atoms with Crippen molar-refractivity contribution in [1.29, 1.82) is 0 Å². The first-order chi connectivity index (χ1) is 68.0. The van der Waals surface area contributed by atoms with E-state index in [4.69, 9.17) is 40.9 Å². The number of benzene rings is 11. The van der Waals surface area contributed by atoms with Crippen LogP contribution in [-0.2, 0) is 66.6 Å². The number of methoxy groups -OCH3 is 7. The number of carbonyl (C=O) groups excluding carboxylic acids is 7. The van der Waals surface area contributed by atoms with E-state index < -0.39 is 29.7 Å². The highest BCUT2D eigenvalue weighted by Gasteiger charge is 2.23. The third kappa shape index (κ3) is 25.8. The highest BCUT2D eigenvalue weighted by molar-refractivity contribution is 9.11. The van der Waals surface area contributed by atoms with Crippen molar-refractivity contribution in [2.24, 2.45) is 17.2 Å². The maximum atomic E-state index is 11.9. The molecule has 0 aliphatic heterocycles. The minimum Gasteiger partial charge on any atom is -0.497 e. The second-order valence-corrected chi connectivity index (χ2v) is 36.1. The Hall–Kier alpha value is -14.4. The van der Waals surface area contributed by atoms with E-state index in [9.17, 15) is 43.5 Å². The number of nitrogens with two attached hydrogens (primary N) is 3. The van der Waals surface area contributed by atoms with Gasteiger partial charge in [-0.15, -0.1) is 0 Å². The number of halogens is 5. The summed E-state index contributed by atoms with van der Waals surface area (Å²) in [7, 11) is 10.7. The van der Waals surface area contributed by atoms with Crippen LogP contribution in [0.3, 0.4) is 0 Å². The van der Waals surface area contributed by atoms with Crippen molar-refractivity contribution < 1.29 is 76.6 Å². The molecule has 35 heteroatoms. The van der Waals surface area contributed by atoms with E-state index in [1.54, 1.807) is 95.4 Å². The third-order valence-corrected chi connectivity index (χ3v) is 26.4. The predicted molar refractivity (Wildman–Crippen MR) is 567 cm³/mol. The van der Waals surface area contributed by atoms with Crippen molar-refractivity contribution in [3.05, 3.63) is 360 Å². The number of aryl methyl sites for hydroxylation is 3. The van der Waals surface area contributed by atoms with Crippen molar-refractivity contribution >= 4 is 204 Å². The van der Waals surface area contributed by atoms with Crippen molar-refractivity contribution in [2.45, 2.75) is 73.1 Å². The van der Waals surface area contributed by atoms with Gasteiger partial charge in [-0.1, -0.05) is 140 Å². The number of hydrogen-bond acceptors (Lipinski definition) is 19. The van der Waals surface area contributed by atoms with E-state index in [0.29, 0.717) is 88.1 Å². The Morgan fingerprint density at radius 2 is 0.574 bits per heavy atom. The molecule has 11 aromatic carbocycles. The summed E-state index contributed by atoms with van der Waals surface area (Å²) in [5, 5.41) is 29.6. The van der Waals surface area contributed by atoms with Crippen LogP contribution in [0.1, 0.15) is 144 Å². The number of nitrogens with one attached hydrogen (secondary N) is 11. The van der Waals surface area contributed by atoms with Gasteiger partial charge in [0.2, 0.25) is 0 Å². The molecule has 30 nitrogen and oxygen atoms in total. The Morgan fingerprint density at radius 1 is 0.298 bits per heavy atom. The maximum absolute atomic E-state index is 11.9. The summed E-state index contributed by atoms with van der Waals surface area (Å²) in [5.41, 5.74) is 37.7. The zero-order chi connectivity index (χ0) is 101. The lowest BCUT2D eigenvalue weighted by atomic mass is 10.0. The molecule has 728 valence electrons. The zero-order valence-corrected chi connectivity index (χ0v) is 86.3. The molecule has 7 heterocycles. The molecular weight excluding hydrogens is 2120 g/mol. The number of carboxylic acid groups (broad SMARTS) is 1. The van der Waals surface area contributed by atoms with E-state index in [0.717, 1.165) is 176 Å². The van der Waals surface area contributed by atoms with Crippen LogP contribution in [-0.4, -0.2) is 138 Å². The second-order valence-electron chi connectivity index (χ2n) is 31.9. The largest absolute Gasteiger partial charge is 0.497 e. The van der Waals surface area contributed by atoms with Gasteiger partial charge >= 0.3 is 23.9 Å². The molecule has 0 unspecified atom stereocenters. The molecule has 0 aliphatic carbocycles. The van der Waals surface area contributed by atoms with Crippen LogP contribution in [0.15, 0.2) is 254 Å². The summed E-state index contributed by atoms with van der Waals surface area (Å²) in [6.45, 7) is 11.7. The summed E-state index contributed by atoms with van der Waals surface area (Å²) in [6, 6.07) is 58.6. The fourth-order valence-corrected chi connectivity index (χ4v) is 18.7. The number of aromatic carboxylic acids is 1. The van der Waals surface area contributed by atoms with Gasteiger partial charge in [0.15, 0.2) is 6.29 Å². The van der Waals surface area contributed by atoms with Crippen LogP contribution in [0.25, 0.3) is 76.3 Å². The van der Waals surface area contributed by atoms with E-state index >= 15 is 0 Å². The number of carbonyl (C=O) groups is 8. The van der Waals surface area contributed by atoms with Gasteiger partial charge in [0.05, 0.1) is 127 Å². The van der Waals surface area contributed by atoms with E-state index in [1.807, 2.05) is 185 Å². The number of esters is 3. The van der Waals surface area contributed by atoms with E-state index in [2.05, 4.69) is 145 Å². The number of fused-ring (bicyclic) bond motifs is 7. The standard InChI is InChI=1S/C19H19BrN2O3.C19H21N3O2.C18H18BrN3O2.C18H17BrN2O3.C11H8BrNO3.C11H12N2O.C10H8BrNO2/c1-24-14-5-3-12(4-6-14)9-21-10-13-11-22-18-15(19(23)25-2)7-8-16(20)17(13)18;1-12-3-8-16(19(20)23)18-17(12)14(11-22-18)10-21-9-13-4-6-15(24-2)7-5-13;1-24-13-4-2-11(3-5-13)8-21-9-12-10-22-17-14(18(20)23)6-7-15(19)16(12)17;1-24-13-4-2-11(3-5-13)8-20-9-12-10-21-17-14(18(22)23)6-7-15(19)16(12)17;1-16-11(15)7-2-3-8(12)9-6(5-14)4-13-10(7)9;1-6-3-4-8(11(12)14)10-9(6)7(2)5-13-10;1-14-10(13)7-2-3-8(11)6-4-5-12-9(6)7/h3-8,11,21-22H,9-10H2,1-2H3;3-8,11,21-22H,9-10H2,1-2H3,(H2,20,23);2-7,10,21-22H,8-9H2,1H3,(H2,20,23);2-7,10,20-21H,8-9H2,1H3,(H,22,23);2-5,13H,1H3;3-5,13H,1-2H3,(H2,12,14);2-5,12H,1H3. The van der Waals surface area contributed by atoms with Crippen molar-refractivity contribution in [3.8, 4) is 23.0 Å². The van der Waals surface area contributed by atoms with E-state index in [-0.39, 0.29) is 17.5 Å². The van der Waals surface area contributed by atoms with Crippen molar-refractivity contribution in [2.75, 3.05) is 49.8 Å².